The Morgan fingerprint density at radius 2 is 1.86 bits per heavy atom. The number of anilines is 2. The third-order valence-electron chi connectivity index (χ3n) is 4.62. The minimum absolute atomic E-state index is 0.0761. The Morgan fingerprint density at radius 3 is 2.50 bits per heavy atom. The zero-order valence-electron chi connectivity index (χ0n) is 15.3. The molecular weight excluding hydrogens is 356 g/mol. The lowest BCUT2D eigenvalue weighted by Crippen LogP contribution is -2.30. The van der Waals surface area contributed by atoms with Gasteiger partial charge in [0, 0.05) is 42.2 Å². The zero-order valence-corrected chi connectivity index (χ0v) is 15.3. The molecule has 0 aliphatic carbocycles. The Kier molecular flexibility index (Phi) is 6.02. The van der Waals surface area contributed by atoms with Crippen molar-refractivity contribution in [3.05, 3.63) is 69.8 Å². The summed E-state index contributed by atoms with van der Waals surface area (Å²) in [7, 11) is 0. The summed E-state index contributed by atoms with van der Waals surface area (Å²) in [6, 6.07) is 15.3. The molecule has 0 spiro atoms. The summed E-state index contributed by atoms with van der Waals surface area (Å²) in [5.74, 6) is -0.551. The fourth-order valence-electron chi connectivity index (χ4n) is 3.22. The molecule has 28 heavy (non-hydrogen) atoms. The number of benzene rings is 2. The van der Waals surface area contributed by atoms with Gasteiger partial charge in [-0.1, -0.05) is 18.2 Å². The Labute approximate surface area is 163 Å². The van der Waals surface area contributed by atoms with Crippen molar-refractivity contribution in [3.8, 4) is 6.07 Å². The number of nitro groups is 1. The highest BCUT2D eigenvalue weighted by molar-refractivity contribution is 6.10. The van der Waals surface area contributed by atoms with Crippen LogP contribution in [0.5, 0.6) is 0 Å². The quantitative estimate of drug-likeness (QED) is 0.366. The number of rotatable bonds is 5. The Hall–Kier alpha value is -3.66. The van der Waals surface area contributed by atoms with Crippen molar-refractivity contribution in [3.63, 3.8) is 0 Å². The molecule has 0 aromatic heterocycles. The van der Waals surface area contributed by atoms with Crippen molar-refractivity contribution in [2.24, 2.45) is 0 Å². The number of piperidine rings is 1. The lowest BCUT2D eigenvalue weighted by Gasteiger charge is -2.30. The molecule has 7 heteroatoms. The highest BCUT2D eigenvalue weighted by atomic mass is 16.6. The van der Waals surface area contributed by atoms with E-state index in [9.17, 15) is 20.2 Å². The first-order valence-electron chi connectivity index (χ1n) is 9.10. The van der Waals surface area contributed by atoms with E-state index in [1.54, 1.807) is 30.3 Å². The zero-order chi connectivity index (χ0) is 19.9. The van der Waals surface area contributed by atoms with Gasteiger partial charge < -0.3 is 10.2 Å². The number of nitrogens with one attached hydrogen (secondary N) is 1. The van der Waals surface area contributed by atoms with Crippen molar-refractivity contribution in [2.45, 2.75) is 19.3 Å². The van der Waals surface area contributed by atoms with E-state index in [1.165, 1.54) is 18.2 Å². The van der Waals surface area contributed by atoms with Crippen LogP contribution in [0.15, 0.2) is 54.1 Å². The van der Waals surface area contributed by atoms with Gasteiger partial charge in [0.05, 0.1) is 4.92 Å². The van der Waals surface area contributed by atoms with E-state index < -0.39 is 10.8 Å². The maximum absolute atomic E-state index is 12.5. The van der Waals surface area contributed by atoms with Crippen LogP contribution in [-0.4, -0.2) is 23.9 Å². The van der Waals surface area contributed by atoms with Crippen LogP contribution in [0.4, 0.5) is 17.1 Å². The van der Waals surface area contributed by atoms with Crippen molar-refractivity contribution >= 4 is 29.0 Å². The second kappa shape index (κ2) is 8.82. The molecule has 0 atom stereocenters. The molecule has 1 aliphatic heterocycles. The Balaban J connectivity index is 1.96. The molecule has 1 heterocycles. The number of amides is 1. The number of nitrogens with zero attached hydrogens (tertiary/aromatic N) is 3. The summed E-state index contributed by atoms with van der Waals surface area (Å²) in [5.41, 5.74) is 1.68. The monoisotopic (exact) mass is 376 g/mol. The van der Waals surface area contributed by atoms with Crippen molar-refractivity contribution < 1.29 is 9.72 Å². The fraction of sp³-hybridized carbons (Fsp3) is 0.238. The highest BCUT2D eigenvalue weighted by Crippen LogP contribution is 2.30. The first-order valence-corrected chi connectivity index (χ1v) is 9.10. The largest absolute Gasteiger partial charge is 0.371 e. The SMILES string of the molecule is N#C/C(=C\c1cc([N+](=O)[O-])ccc1N1CCCCC1)C(=O)Nc1ccccc1. The van der Waals surface area contributed by atoms with Gasteiger partial charge >= 0.3 is 0 Å². The van der Waals surface area contributed by atoms with E-state index in [1.807, 2.05) is 12.1 Å². The maximum atomic E-state index is 12.5. The number of para-hydroxylation sites is 1. The van der Waals surface area contributed by atoms with Crippen LogP contribution < -0.4 is 10.2 Å². The van der Waals surface area contributed by atoms with Gasteiger partial charge in [0.25, 0.3) is 11.6 Å². The molecule has 1 fully saturated rings. The average Bonchev–Trinajstić information content (AvgIpc) is 2.73. The topological polar surface area (TPSA) is 99.3 Å². The third-order valence-corrected chi connectivity index (χ3v) is 4.62. The second-order valence-electron chi connectivity index (χ2n) is 6.54. The normalized spacial score (nSPS) is 14.2. The third kappa shape index (κ3) is 4.54. The van der Waals surface area contributed by atoms with Crippen LogP contribution in [0.2, 0.25) is 0 Å². The molecule has 1 saturated heterocycles. The summed E-state index contributed by atoms with van der Waals surface area (Å²) in [4.78, 5) is 25.4. The summed E-state index contributed by atoms with van der Waals surface area (Å²) in [6.45, 7) is 1.69. The number of hydrogen-bond acceptors (Lipinski definition) is 5. The van der Waals surface area contributed by atoms with Gasteiger partial charge in [-0.25, -0.2) is 0 Å². The molecule has 0 unspecified atom stereocenters. The average molecular weight is 376 g/mol. The fourth-order valence-corrected chi connectivity index (χ4v) is 3.22. The molecule has 1 N–H and O–H groups in total. The predicted molar refractivity (Wildman–Crippen MR) is 108 cm³/mol. The minimum Gasteiger partial charge on any atom is -0.371 e. The van der Waals surface area contributed by atoms with Crippen LogP contribution in [0.1, 0.15) is 24.8 Å². The molecular formula is C21H20N4O3. The molecule has 1 amide bonds. The second-order valence-corrected chi connectivity index (χ2v) is 6.54. The minimum atomic E-state index is -0.551. The number of nitro benzene ring substituents is 1. The van der Waals surface area contributed by atoms with E-state index in [0.717, 1.165) is 38.0 Å². The van der Waals surface area contributed by atoms with E-state index in [0.29, 0.717) is 11.3 Å². The molecule has 3 rings (SSSR count). The number of nitriles is 1. The first-order chi connectivity index (χ1) is 13.6. The standard InChI is InChI=1S/C21H20N4O3/c22-15-17(21(26)23-18-7-3-1-4-8-18)13-16-14-19(25(27)28)9-10-20(16)24-11-5-2-6-12-24/h1,3-4,7-10,13-14H,2,5-6,11-12H2,(H,23,26)/b17-13+. The molecule has 0 radical (unpaired) electrons. The van der Waals surface area contributed by atoms with Crippen LogP contribution in [-0.2, 0) is 4.79 Å². The molecule has 2 aromatic rings. The van der Waals surface area contributed by atoms with Gasteiger partial charge in [0.1, 0.15) is 11.6 Å². The molecule has 7 nitrogen and oxygen atoms in total. The van der Waals surface area contributed by atoms with E-state index in [2.05, 4.69) is 10.2 Å². The maximum Gasteiger partial charge on any atom is 0.270 e. The predicted octanol–water partition coefficient (Wildman–Crippen LogP) is 4.13. The number of carbonyl (C=O) groups is 1. The molecule has 0 saturated carbocycles. The number of hydrogen-bond donors (Lipinski definition) is 1. The van der Waals surface area contributed by atoms with Gasteiger partial charge in [-0.05, 0) is 43.5 Å². The van der Waals surface area contributed by atoms with Crippen LogP contribution in [0, 0.1) is 21.4 Å². The smallest absolute Gasteiger partial charge is 0.270 e. The lowest BCUT2D eigenvalue weighted by atomic mass is 10.0. The van der Waals surface area contributed by atoms with E-state index in [-0.39, 0.29) is 11.3 Å². The van der Waals surface area contributed by atoms with Gasteiger partial charge in [-0.2, -0.15) is 5.26 Å². The molecule has 1 aliphatic rings. The highest BCUT2D eigenvalue weighted by Gasteiger charge is 2.18. The van der Waals surface area contributed by atoms with Gasteiger partial charge in [-0.3, -0.25) is 14.9 Å². The lowest BCUT2D eigenvalue weighted by molar-refractivity contribution is -0.384. The molecule has 2 aromatic carbocycles. The summed E-state index contributed by atoms with van der Waals surface area (Å²) >= 11 is 0. The Morgan fingerprint density at radius 1 is 1.14 bits per heavy atom. The number of non-ortho nitro benzene ring substituents is 1. The summed E-state index contributed by atoms with van der Waals surface area (Å²) in [6.07, 6.45) is 4.66. The van der Waals surface area contributed by atoms with Crippen LogP contribution >= 0.6 is 0 Å². The summed E-state index contributed by atoms with van der Waals surface area (Å²) in [5, 5.41) is 23.4. The molecule has 142 valence electrons. The van der Waals surface area contributed by atoms with Gasteiger partial charge in [-0.15, -0.1) is 0 Å². The van der Waals surface area contributed by atoms with Gasteiger partial charge in [0.15, 0.2) is 0 Å². The van der Waals surface area contributed by atoms with Gasteiger partial charge in [0.2, 0.25) is 0 Å². The molecule has 0 bridgehead atoms. The van der Waals surface area contributed by atoms with Crippen molar-refractivity contribution in [2.75, 3.05) is 23.3 Å². The number of carbonyl (C=O) groups excluding carboxylic acids is 1. The van der Waals surface area contributed by atoms with E-state index >= 15 is 0 Å². The van der Waals surface area contributed by atoms with Crippen LogP contribution in [0.25, 0.3) is 6.08 Å². The first kappa shape index (κ1) is 19.1. The van der Waals surface area contributed by atoms with Crippen LogP contribution in [0.3, 0.4) is 0 Å². The van der Waals surface area contributed by atoms with E-state index in [4.69, 9.17) is 0 Å². The van der Waals surface area contributed by atoms with Crippen molar-refractivity contribution in [1.82, 2.24) is 0 Å². The summed E-state index contributed by atoms with van der Waals surface area (Å²) < 4.78 is 0. The Bertz CT molecular complexity index is 942. The van der Waals surface area contributed by atoms with Crippen molar-refractivity contribution in [1.29, 1.82) is 5.26 Å².